The fraction of sp³-hybridized carbons (Fsp3) is 0. The number of benzene rings is 2. The predicted molar refractivity (Wildman–Crippen MR) is 62.8 cm³/mol. The molecule has 2 aromatic rings. The van der Waals surface area contributed by atoms with Gasteiger partial charge in [-0.25, -0.2) is 9.18 Å². The van der Waals surface area contributed by atoms with Gasteiger partial charge in [-0.1, -0.05) is 23.7 Å². The van der Waals surface area contributed by atoms with Gasteiger partial charge < -0.3 is 4.74 Å². The van der Waals surface area contributed by atoms with Crippen LogP contribution < -0.4 is 4.74 Å². The van der Waals surface area contributed by atoms with Crippen molar-refractivity contribution >= 4 is 17.6 Å². The lowest BCUT2D eigenvalue weighted by atomic mass is 10.2. The summed E-state index contributed by atoms with van der Waals surface area (Å²) in [4.78, 5) is 11.6. The first-order valence-electron chi connectivity index (χ1n) is 4.89. The Bertz CT molecular complexity index is 537. The number of carbonyl (C=O) groups is 1. The second-order valence-electron chi connectivity index (χ2n) is 3.32. The van der Waals surface area contributed by atoms with Crippen molar-refractivity contribution in [2.45, 2.75) is 0 Å². The van der Waals surface area contributed by atoms with Crippen molar-refractivity contribution in [2.24, 2.45) is 0 Å². The van der Waals surface area contributed by atoms with Crippen molar-refractivity contribution in [2.75, 3.05) is 0 Å². The van der Waals surface area contributed by atoms with Crippen molar-refractivity contribution in [3.63, 3.8) is 0 Å². The molecule has 0 spiro atoms. The lowest BCUT2D eigenvalue weighted by molar-refractivity contribution is 0.0730. The third-order valence-electron chi connectivity index (χ3n) is 2.12. The summed E-state index contributed by atoms with van der Waals surface area (Å²) in [6.45, 7) is 0. The Balaban J connectivity index is 2.17. The summed E-state index contributed by atoms with van der Waals surface area (Å²) < 4.78 is 18.3. The Hall–Kier alpha value is -1.87. The van der Waals surface area contributed by atoms with Crippen LogP contribution >= 0.6 is 11.6 Å². The molecule has 2 aromatic carbocycles. The molecular weight excluding hydrogens is 243 g/mol. The Kier molecular flexibility index (Phi) is 3.40. The molecule has 0 saturated heterocycles. The molecule has 0 aromatic heterocycles. The normalized spacial score (nSPS) is 10.0. The predicted octanol–water partition coefficient (Wildman–Crippen LogP) is 3.70. The molecule has 86 valence electrons. The van der Waals surface area contributed by atoms with E-state index in [1.54, 1.807) is 30.3 Å². The van der Waals surface area contributed by atoms with Gasteiger partial charge in [0.1, 0.15) is 11.6 Å². The van der Waals surface area contributed by atoms with Gasteiger partial charge in [0, 0.05) is 5.02 Å². The zero-order valence-corrected chi connectivity index (χ0v) is 9.45. The van der Waals surface area contributed by atoms with Gasteiger partial charge in [-0.15, -0.1) is 0 Å². The highest BCUT2D eigenvalue weighted by atomic mass is 35.5. The number of hydrogen-bond donors (Lipinski definition) is 0. The van der Waals surface area contributed by atoms with Crippen LogP contribution in [0.25, 0.3) is 0 Å². The second-order valence-corrected chi connectivity index (χ2v) is 3.76. The Morgan fingerprint density at radius 1 is 1.06 bits per heavy atom. The van der Waals surface area contributed by atoms with E-state index in [1.165, 1.54) is 18.2 Å². The van der Waals surface area contributed by atoms with Gasteiger partial charge in [-0.2, -0.15) is 0 Å². The van der Waals surface area contributed by atoms with Crippen molar-refractivity contribution in [3.05, 3.63) is 64.9 Å². The highest BCUT2D eigenvalue weighted by molar-refractivity contribution is 6.30. The first kappa shape index (κ1) is 11.6. The van der Waals surface area contributed by atoms with Crippen molar-refractivity contribution in [1.82, 2.24) is 0 Å². The van der Waals surface area contributed by atoms with Crippen molar-refractivity contribution < 1.29 is 13.9 Å². The monoisotopic (exact) mass is 250 g/mol. The fourth-order valence-electron chi connectivity index (χ4n) is 1.29. The number of rotatable bonds is 2. The average Bonchev–Trinajstić information content (AvgIpc) is 2.32. The summed E-state index contributed by atoms with van der Waals surface area (Å²) in [5, 5.41) is 0.538. The molecule has 0 aliphatic heterocycles. The molecule has 0 fully saturated rings. The standard InChI is InChI=1S/C13H8ClFO2/c14-9-5-7-10(8-6-9)17-13(16)11-3-1-2-4-12(11)15/h1-8H. The van der Waals surface area contributed by atoms with E-state index in [0.717, 1.165) is 0 Å². The van der Waals surface area contributed by atoms with E-state index >= 15 is 0 Å². The molecule has 0 amide bonds. The molecule has 2 rings (SSSR count). The number of esters is 1. The van der Waals surface area contributed by atoms with Crippen LogP contribution in [0, 0.1) is 5.82 Å². The van der Waals surface area contributed by atoms with Crippen LogP contribution in [0.3, 0.4) is 0 Å². The molecular formula is C13H8ClFO2. The summed E-state index contributed by atoms with van der Waals surface area (Å²) in [5.74, 6) is -1.01. The van der Waals surface area contributed by atoms with Crippen molar-refractivity contribution in [3.8, 4) is 5.75 Å². The third kappa shape index (κ3) is 2.82. The molecule has 0 atom stereocenters. The minimum absolute atomic E-state index is 0.0950. The quantitative estimate of drug-likeness (QED) is 0.600. The summed E-state index contributed by atoms with van der Waals surface area (Å²) in [6, 6.07) is 11.9. The van der Waals surface area contributed by atoms with Crippen molar-refractivity contribution in [1.29, 1.82) is 0 Å². The van der Waals surface area contributed by atoms with Crippen LogP contribution in [0.2, 0.25) is 5.02 Å². The largest absolute Gasteiger partial charge is 0.423 e. The van der Waals surface area contributed by atoms with E-state index < -0.39 is 11.8 Å². The molecule has 0 N–H and O–H groups in total. The lowest BCUT2D eigenvalue weighted by Gasteiger charge is -2.04. The van der Waals surface area contributed by atoms with Crippen LogP contribution in [0.15, 0.2) is 48.5 Å². The number of hydrogen-bond acceptors (Lipinski definition) is 2. The first-order chi connectivity index (χ1) is 8.16. The van der Waals surface area contributed by atoms with Crippen LogP contribution in [0.4, 0.5) is 4.39 Å². The fourth-order valence-corrected chi connectivity index (χ4v) is 1.42. The van der Waals surface area contributed by atoms with E-state index in [0.29, 0.717) is 10.8 Å². The van der Waals surface area contributed by atoms with Crippen LogP contribution in [0.1, 0.15) is 10.4 Å². The minimum atomic E-state index is -0.731. The van der Waals surface area contributed by atoms with Gasteiger partial charge in [0.15, 0.2) is 0 Å². The molecule has 0 bridgehead atoms. The smallest absolute Gasteiger partial charge is 0.346 e. The number of carbonyl (C=O) groups excluding carboxylic acids is 1. The molecule has 0 saturated carbocycles. The van der Waals surface area contributed by atoms with Crippen LogP contribution in [-0.4, -0.2) is 5.97 Å². The van der Waals surface area contributed by atoms with Gasteiger partial charge >= 0.3 is 5.97 Å². The topological polar surface area (TPSA) is 26.3 Å². The first-order valence-corrected chi connectivity index (χ1v) is 5.27. The van der Waals surface area contributed by atoms with Gasteiger partial charge in [0.2, 0.25) is 0 Å². The highest BCUT2D eigenvalue weighted by Crippen LogP contribution is 2.17. The molecule has 0 aliphatic carbocycles. The minimum Gasteiger partial charge on any atom is -0.423 e. The maximum Gasteiger partial charge on any atom is 0.346 e. The van der Waals surface area contributed by atoms with Crippen LogP contribution in [-0.2, 0) is 0 Å². The SMILES string of the molecule is O=C(Oc1ccc(Cl)cc1)c1ccccc1F. The molecule has 2 nitrogen and oxygen atoms in total. The molecule has 0 aliphatic rings. The average molecular weight is 251 g/mol. The Morgan fingerprint density at radius 2 is 1.71 bits per heavy atom. The van der Waals surface area contributed by atoms with Gasteiger partial charge in [-0.05, 0) is 36.4 Å². The lowest BCUT2D eigenvalue weighted by Crippen LogP contribution is -2.10. The Morgan fingerprint density at radius 3 is 2.35 bits per heavy atom. The molecule has 17 heavy (non-hydrogen) atoms. The zero-order chi connectivity index (χ0) is 12.3. The summed E-state index contributed by atoms with van der Waals surface area (Å²) in [5.41, 5.74) is -0.0950. The van der Waals surface area contributed by atoms with E-state index in [4.69, 9.17) is 16.3 Å². The number of halogens is 2. The third-order valence-corrected chi connectivity index (χ3v) is 2.37. The van der Waals surface area contributed by atoms with Gasteiger partial charge in [0.05, 0.1) is 5.56 Å². The summed E-state index contributed by atoms with van der Waals surface area (Å²) in [7, 11) is 0. The highest BCUT2D eigenvalue weighted by Gasteiger charge is 2.12. The summed E-state index contributed by atoms with van der Waals surface area (Å²) >= 11 is 5.69. The second kappa shape index (κ2) is 4.97. The zero-order valence-electron chi connectivity index (χ0n) is 8.69. The van der Waals surface area contributed by atoms with Gasteiger partial charge in [0.25, 0.3) is 0 Å². The molecule has 0 radical (unpaired) electrons. The van der Waals surface area contributed by atoms with E-state index in [-0.39, 0.29) is 5.56 Å². The molecule has 4 heteroatoms. The van der Waals surface area contributed by atoms with E-state index in [9.17, 15) is 9.18 Å². The summed E-state index contributed by atoms with van der Waals surface area (Å²) in [6.07, 6.45) is 0. The van der Waals surface area contributed by atoms with Crippen LogP contribution in [0.5, 0.6) is 5.75 Å². The van der Waals surface area contributed by atoms with E-state index in [2.05, 4.69) is 0 Å². The maximum absolute atomic E-state index is 13.3. The molecule has 0 heterocycles. The Labute approximate surface area is 103 Å². The maximum atomic E-state index is 13.3. The van der Waals surface area contributed by atoms with Gasteiger partial charge in [-0.3, -0.25) is 0 Å². The molecule has 0 unspecified atom stereocenters. The number of ether oxygens (including phenoxy) is 1. The van der Waals surface area contributed by atoms with E-state index in [1.807, 2.05) is 0 Å².